The number of halogens is 3. The molecular formula is C15H19F3N3+. The summed E-state index contributed by atoms with van der Waals surface area (Å²) < 4.78 is 38.2. The molecule has 0 atom stereocenters. The van der Waals surface area contributed by atoms with Crippen molar-refractivity contribution >= 4 is 5.69 Å². The van der Waals surface area contributed by atoms with E-state index in [1.165, 1.54) is 17.0 Å². The van der Waals surface area contributed by atoms with Crippen LogP contribution >= 0.6 is 0 Å². The first-order chi connectivity index (χ1) is 9.74. The van der Waals surface area contributed by atoms with Crippen LogP contribution in [-0.4, -0.2) is 31.7 Å². The molecule has 1 aliphatic rings. The van der Waals surface area contributed by atoms with Gasteiger partial charge in [-0.15, -0.1) is 0 Å². The Morgan fingerprint density at radius 3 is 2.33 bits per heavy atom. The van der Waals surface area contributed by atoms with Gasteiger partial charge >= 0.3 is 6.18 Å². The Morgan fingerprint density at radius 1 is 1.19 bits per heavy atom. The summed E-state index contributed by atoms with van der Waals surface area (Å²) in [4.78, 5) is 3.12. The maximum Gasteiger partial charge on any atom is 0.416 e. The topological polar surface area (TPSA) is 31.5 Å². The van der Waals surface area contributed by atoms with E-state index < -0.39 is 17.3 Å². The third-order valence-electron chi connectivity index (χ3n) is 4.07. The monoisotopic (exact) mass is 298 g/mol. The summed E-state index contributed by atoms with van der Waals surface area (Å²) in [6.45, 7) is 6.58. The SMILES string of the molecule is CC(C)(C#N)[NH+]1CCN(c2cccc(C(F)(F)F)c2)CC1. The highest BCUT2D eigenvalue weighted by atomic mass is 19.4. The molecule has 114 valence electrons. The summed E-state index contributed by atoms with van der Waals surface area (Å²) in [6.07, 6.45) is -4.31. The van der Waals surface area contributed by atoms with Gasteiger partial charge in [-0.25, -0.2) is 0 Å². The smallest absolute Gasteiger partial charge is 0.360 e. The minimum atomic E-state index is -4.31. The molecular weight excluding hydrogens is 279 g/mol. The van der Waals surface area contributed by atoms with Crippen LogP contribution in [0.15, 0.2) is 24.3 Å². The summed E-state index contributed by atoms with van der Waals surface area (Å²) in [7, 11) is 0. The van der Waals surface area contributed by atoms with Crippen molar-refractivity contribution in [3.8, 4) is 6.07 Å². The standard InChI is InChI=1S/C15H18F3N3/c1-14(2,11-19)21-8-6-20(7-9-21)13-5-3-4-12(10-13)15(16,17)18/h3-5,10H,6-9H2,1-2H3/p+1. The minimum Gasteiger partial charge on any atom is -0.360 e. The summed E-state index contributed by atoms with van der Waals surface area (Å²) in [5.41, 5.74) is -0.481. The molecule has 0 unspecified atom stereocenters. The predicted octanol–water partition coefficient (Wildman–Crippen LogP) is 1.71. The highest BCUT2D eigenvalue weighted by molar-refractivity contribution is 5.49. The van der Waals surface area contributed by atoms with E-state index >= 15 is 0 Å². The van der Waals surface area contributed by atoms with Crippen LogP contribution < -0.4 is 9.80 Å². The second kappa shape index (κ2) is 5.57. The van der Waals surface area contributed by atoms with Crippen molar-refractivity contribution in [2.24, 2.45) is 0 Å². The first-order valence-electron chi connectivity index (χ1n) is 6.93. The number of benzene rings is 1. The molecule has 1 saturated heterocycles. The Labute approximate surface area is 122 Å². The Bertz CT molecular complexity index is 538. The number of nitrogens with zero attached hydrogens (tertiary/aromatic N) is 2. The summed E-state index contributed by atoms with van der Waals surface area (Å²) in [5, 5.41) is 9.15. The van der Waals surface area contributed by atoms with Gasteiger partial charge in [-0.05, 0) is 18.2 Å². The molecule has 0 radical (unpaired) electrons. The van der Waals surface area contributed by atoms with E-state index in [4.69, 9.17) is 5.26 Å². The normalized spacial score (nSPS) is 17.6. The average molecular weight is 298 g/mol. The number of nitrogens with one attached hydrogen (secondary N) is 1. The molecule has 1 aromatic rings. The van der Waals surface area contributed by atoms with Gasteiger partial charge in [0, 0.05) is 19.5 Å². The maximum atomic E-state index is 12.7. The van der Waals surface area contributed by atoms with Gasteiger partial charge in [-0.2, -0.15) is 18.4 Å². The first kappa shape index (κ1) is 15.6. The number of nitriles is 1. The van der Waals surface area contributed by atoms with Crippen molar-refractivity contribution in [3.05, 3.63) is 29.8 Å². The van der Waals surface area contributed by atoms with E-state index in [2.05, 4.69) is 6.07 Å². The quantitative estimate of drug-likeness (QED) is 0.901. The Balaban J connectivity index is 2.08. The predicted molar refractivity (Wildman–Crippen MR) is 74.0 cm³/mol. The van der Waals surface area contributed by atoms with Crippen molar-refractivity contribution in [3.63, 3.8) is 0 Å². The number of alkyl halides is 3. The molecule has 1 N–H and O–H groups in total. The summed E-state index contributed by atoms with van der Waals surface area (Å²) in [6, 6.07) is 7.72. The number of piperazine rings is 1. The molecule has 0 amide bonds. The molecule has 2 rings (SSSR count). The molecule has 6 heteroatoms. The van der Waals surface area contributed by atoms with Crippen molar-refractivity contribution in [2.45, 2.75) is 25.6 Å². The Morgan fingerprint density at radius 2 is 1.81 bits per heavy atom. The lowest BCUT2D eigenvalue weighted by Crippen LogP contribution is -3.21. The largest absolute Gasteiger partial charge is 0.416 e. The van der Waals surface area contributed by atoms with E-state index in [0.717, 1.165) is 19.2 Å². The van der Waals surface area contributed by atoms with Crippen LogP contribution in [-0.2, 0) is 6.18 Å². The zero-order chi connectivity index (χ0) is 15.7. The molecule has 1 fully saturated rings. The highest BCUT2D eigenvalue weighted by Gasteiger charge is 2.34. The van der Waals surface area contributed by atoms with Crippen LogP contribution in [0.3, 0.4) is 0 Å². The highest BCUT2D eigenvalue weighted by Crippen LogP contribution is 2.31. The molecule has 21 heavy (non-hydrogen) atoms. The molecule has 0 aromatic heterocycles. The molecule has 0 aliphatic carbocycles. The van der Waals surface area contributed by atoms with Crippen molar-refractivity contribution < 1.29 is 18.1 Å². The van der Waals surface area contributed by atoms with E-state index in [1.54, 1.807) is 6.07 Å². The molecule has 1 heterocycles. The van der Waals surface area contributed by atoms with Crippen molar-refractivity contribution in [1.29, 1.82) is 5.26 Å². The van der Waals surface area contributed by atoms with E-state index in [0.29, 0.717) is 18.8 Å². The van der Waals surface area contributed by atoms with Crippen molar-refractivity contribution in [1.82, 2.24) is 0 Å². The number of rotatable bonds is 2. The van der Waals surface area contributed by atoms with Crippen LogP contribution in [0.1, 0.15) is 19.4 Å². The minimum absolute atomic E-state index is 0.458. The molecule has 3 nitrogen and oxygen atoms in total. The van der Waals surface area contributed by atoms with Crippen LogP contribution in [0.25, 0.3) is 0 Å². The summed E-state index contributed by atoms with van der Waals surface area (Å²) >= 11 is 0. The molecule has 0 bridgehead atoms. The zero-order valence-corrected chi connectivity index (χ0v) is 12.2. The fourth-order valence-corrected chi connectivity index (χ4v) is 2.62. The molecule has 0 spiro atoms. The lowest BCUT2D eigenvalue weighted by molar-refractivity contribution is -0.939. The molecule has 1 aliphatic heterocycles. The number of hydrogen-bond donors (Lipinski definition) is 1. The van der Waals surface area contributed by atoms with E-state index in [9.17, 15) is 13.2 Å². The van der Waals surface area contributed by atoms with Gasteiger partial charge in [-0.1, -0.05) is 6.07 Å². The van der Waals surface area contributed by atoms with Gasteiger partial charge in [0.2, 0.25) is 0 Å². The van der Waals surface area contributed by atoms with Gasteiger partial charge < -0.3 is 9.80 Å². The van der Waals surface area contributed by atoms with E-state index in [1.807, 2.05) is 18.7 Å². The fourth-order valence-electron chi connectivity index (χ4n) is 2.62. The molecule has 0 saturated carbocycles. The maximum absolute atomic E-state index is 12.7. The third kappa shape index (κ3) is 3.48. The van der Waals surface area contributed by atoms with E-state index in [-0.39, 0.29) is 0 Å². The van der Waals surface area contributed by atoms with Crippen LogP contribution in [0.4, 0.5) is 18.9 Å². The third-order valence-corrected chi connectivity index (χ3v) is 4.07. The second-order valence-corrected chi connectivity index (χ2v) is 5.88. The summed E-state index contributed by atoms with van der Waals surface area (Å²) in [5.74, 6) is 0. The van der Waals surface area contributed by atoms with Gasteiger partial charge in [0.1, 0.15) is 6.07 Å². The fraction of sp³-hybridized carbons (Fsp3) is 0.533. The van der Waals surface area contributed by atoms with Gasteiger partial charge in [0.15, 0.2) is 5.54 Å². The molecule has 1 aromatic carbocycles. The van der Waals surface area contributed by atoms with Crippen molar-refractivity contribution in [2.75, 3.05) is 31.1 Å². The van der Waals surface area contributed by atoms with Crippen LogP contribution in [0.5, 0.6) is 0 Å². The first-order valence-corrected chi connectivity index (χ1v) is 6.93. The van der Waals surface area contributed by atoms with Gasteiger partial charge in [0.25, 0.3) is 0 Å². The number of anilines is 1. The number of hydrogen-bond acceptors (Lipinski definition) is 2. The Hall–Kier alpha value is -1.74. The van der Waals surface area contributed by atoms with Gasteiger partial charge in [0.05, 0.1) is 31.7 Å². The Kier molecular flexibility index (Phi) is 4.15. The van der Waals surface area contributed by atoms with Crippen LogP contribution in [0, 0.1) is 11.3 Å². The average Bonchev–Trinajstić information content (AvgIpc) is 2.47. The lowest BCUT2D eigenvalue weighted by atomic mass is 10.0. The van der Waals surface area contributed by atoms with Gasteiger partial charge in [-0.3, -0.25) is 0 Å². The number of quaternary nitrogens is 1. The lowest BCUT2D eigenvalue weighted by Gasteiger charge is -2.38. The second-order valence-electron chi connectivity index (χ2n) is 5.88. The zero-order valence-electron chi connectivity index (χ0n) is 12.2. The van der Waals surface area contributed by atoms with Crippen LogP contribution in [0.2, 0.25) is 0 Å².